The molecule has 0 aliphatic heterocycles. The van der Waals surface area contributed by atoms with Crippen molar-refractivity contribution in [3.63, 3.8) is 0 Å². The largest absolute Gasteiger partial charge is 0.494 e. The number of carbonyl (C=O) groups is 1. The summed E-state index contributed by atoms with van der Waals surface area (Å²) >= 11 is 0. The van der Waals surface area contributed by atoms with Crippen molar-refractivity contribution in [2.24, 2.45) is 0 Å². The molecule has 0 aliphatic rings. The second-order valence-corrected chi connectivity index (χ2v) is 6.47. The standard InChI is InChI=1S/C20H23N5O3/c1-5-28-17-8-6-16(7-9-17)22-18(26)12-24-19(27)11-13(2)21-20(24)25-15(4)10-14(3)23-25/h6-11H,5,12H2,1-4H3,(H,22,26). The van der Waals surface area contributed by atoms with Gasteiger partial charge < -0.3 is 10.1 Å². The molecule has 1 amide bonds. The van der Waals surface area contributed by atoms with Gasteiger partial charge in [-0.05, 0) is 58.0 Å². The van der Waals surface area contributed by atoms with Crippen molar-refractivity contribution in [3.05, 3.63) is 63.8 Å². The van der Waals surface area contributed by atoms with Crippen LogP contribution in [0.4, 0.5) is 5.69 Å². The third-order valence-corrected chi connectivity index (χ3v) is 4.07. The maximum absolute atomic E-state index is 12.5. The second kappa shape index (κ2) is 8.08. The first-order valence-corrected chi connectivity index (χ1v) is 9.02. The zero-order valence-corrected chi connectivity index (χ0v) is 16.4. The Kier molecular flexibility index (Phi) is 5.58. The molecule has 28 heavy (non-hydrogen) atoms. The molecule has 8 heteroatoms. The van der Waals surface area contributed by atoms with E-state index < -0.39 is 0 Å². The molecule has 0 saturated carbocycles. The molecule has 3 rings (SSSR count). The Bertz CT molecular complexity index is 1050. The zero-order valence-electron chi connectivity index (χ0n) is 16.4. The van der Waals surface area contributed by atoms with Crippen LogP contribution < -0.4 is 15.6 Å². The maximum atomic E-state index is 12.5. The Hall–Kier alpha value is -3.42. The van der Waals surface area contributed by atoms with Gasteiger partial charge in [-0.3, -0.25) is 14.2 Å². The SMILES string of the molecule is CCOc1ccc(NC(=O)Cn2c(-n3nc(C)cc3C)nc(C)cc2=O)cc1. The normalized spacial score (nSPS) is 10.7. The van der Waals surface area contributed by atoms with E-state index in [0.717, 1.165) is 17.1 Å². The summed E-state index contributed by atoms with van der Waals surface area (Å²) < 4.78 is 8.28. The molecule has 0 saturated heterocycles. The van der Waals surface area contributed by atoms with E-state index in [1.54, 1.807) is 35.9 Å². The third-order valence-electron chi connectivity index (χ3n) is 4.07. The van der Waals surface area contributed by atoms with Crippen LogP contribution in [0.15, 0.2) is 41.2 Å². The lowest BCUT2D eigenvalue weighted by Gasteiger charge is -2.14. The lowest BCUT2D eigenvalue weighted by molar-refractivity contribution is -0.116. The monoisotopic (exact) mass is 381 g/mol. The van der Waals surface area contributed by atoms with Gasteiger partial charge in [-0.15, -0.1) is 0 Å². The van der Waals surface area contributed by atoms with E-state index in [-0.39, 0.29) is 18.0 Å². The van der Waals surface area contributed by atoms with Gasteiger partial charge in [0.15, 0.2) is 0 Å². The number of hydrogen-bond acceptors (Lipinski definition) is 5. The highest BCUT2D eigenvalue weighted by atomic mass is 16.5. The number of nitrogens with zero attached hydrogens (tertiary/aromatic N) is 4. The number of carbonyl (C=O) groups excluding carboxylic acids is 1. The Balaban J connectivity index is 1.86. The van der Waals surface area contributed by atoms with E-state index in [0.29, 0.717) is 23.9 Å². The fraction of sp³-hybridized carbons (Fsp3) is 0.300. The molecular formula is C20H23N5O3. The summed E-state index contributed by atoms with van der Waals surface area (Å²) in [7, 11) is 0. The average Bonchev–Trinajstić information content (AvgIpc) is 2.97. The maximum Gasteiger partial charge on any atom is 0.255 e. The molecule has 0 atom stereocenters. The molecule has 0 aliphatic carbocycles. The number of hydrogen-bond donors (Lipinski definition) is 1. The predicted molar refractivity (Wildman–Crippen MR) is 106 cm³/mol. The minimum absolute atomic E-state index is 0.174. The molecule has 8 nitrogen and oxygen atoms in total. The summed E-state index contributed by atoms with van der Waals surface area (Å²) in [6.45, 7) is 7.78. The number of benzene rings is 1. The van der Waals surface area contributed by atoms with Crippen LogP contribution in [0.5, 0.6) is 5.75 Å². The molecule has 146 valence electrons. The van der Waals surface area contributed by atoms with Crippen molar-refractivity contribution in [2.75, 3.05) is 11.9 Å². The topological polar surface area (TPSA) is 91.0 Å². The van der Waals surface area contributed by atoms with Gasteiger partial charge in [-0.25, -0.2) is 9.67 Å². The number of ether oxygens (including phenoxy) is 1. The van der Waals surface area contributed by atoms with E-state index in [1.807, 2.05) is 26.8 Å². The number of aryl methyl sites for hydroxylation is 3. The Morgan fingerprint density at radius 1 is 1.11 bits per heavy atom. The molecule has 1 aromatic carbocycles. The van der Waals surface area contributed by atoms with Crippen molar-refractivity contribution >= 4 is 11.6 Å². The van der Waals surface area contributed by atoms with Crippen LogP contribution in [0.2, 0.25) is 0 Å². The van der Waals surface area contributed by atoms with Gasteiger partial charge in [-0.1, -0.05) is 0 Å². The lowest BCUT2D eigenvalue weighted by Crippen LogP contribution is -2.32. The van der Waals surface area contributed by atoms with Crippen LogP contribution in [0.1, 0.15) is 24.0 Å². The Labute approximate surface area is 162 Å². The van der Waals surface area contributed by atoms with Crippen molar-refractivity contribution < 1.29 is 9.53 Å². The van der Waals surface area contributed by atoms with E-state index in [2.05, 4.69) is 15.4 Å². The molecule has 0 spiro atoms. The highest BCUT2D eigenvalue weighted by Crippen LogP contribution is 2.16. The molecule has 0 radical (unpaired) electrons. The Morgan fingerprint density at radius 3 is 2.43 bits per heavy atom. The minimum Gasteiger partial charge on any atom is -0.494 e. The third kappa shape index (κ3) is 4.28. The van der Waals surface area contributed by atoms with Crippen molar-refractivity contribution in [1.82, 2.24) is 19.3 Å². The summed E-state index contributed by atoms with van der Waals surface area (Å²) in [6.07, 6.45) is 0. The van der Waals surface area contributed by atoms with Gasteiger partial charge in [0.1, 0.15) is 12.3 Å². The molecule has 1 N–H and O–H groups in total. The molecule has 2 aromatic heterocycles. The minimum atomic E-state index is -0.334. The smallest absolute Gasteiger partial charge is 0.255 e. The van der Waals surface area contributed by atoms with Gasteiger partial charge in [0, 0.05) is 23.1 Å². The number of anilines is 1. The predicted octanol–water partition coefficient (Wildman–Crippen LogP) is 2.39. The van der Waals surface area contributed by atoms with Crippen LogP contribution in [-0.2, 0) is 11.3 Å². The lowest BCUT2D eigenvalue weighted by atomic mass is 10.3. The highest BCUT2D eigenvalue weighted by Gasteiger charge is 2.15. The fourth-order valence-electron chi connectivity index (χ4n) is 2.89. The van der Waals surface area contributed by atoms with E-state index in [9.17, 15) is 9.59 Å². The quantitative estimate of drug-likeness (QED) is 0.708. The van der Waals surface area contributed by atoms with Crippen LogP contribution in [0.25, 0.3) is 5.95 Å². The van der Waals surface area contributed by atoms with Crippen LogP contribution in [-0.4, -0.2) is 31.8 Å². The van der Waals surface area contributed by atoms with Gasteiger partial charge in [0.05, 0.1) is 12.3 Å². The molecule has 0 fully saturated rings. The van der Waals surface area contributed by atoms with Gasteiger partial charge in [0.2, 0.25) is 11.9 Å². The summed E-state index contributed by atoms with van der Waals surface area (Å²) in [5, 5.41) is 7.18. The molecule has 2 heterocycles. The molecule has 0 unspecified atom stereocenters. The first-order chi connectivity index (χ1) is 13.4. The van der Waals surface area contributed by atoms with Crippen molar-refractivity contribution in [3.8, 4) is 11.7 Å². The molecule has 0 bridgehead atoms. The number of amides is 1. The van der Waals surface area contributed by atoms with Crippen molar-refractivity contribution in [1.29, 1.82) is 0 Å². The number of rotatable bonds is 6. The van der Waals surface area contributed by atoms with Crippen LogP contribution in [0, 0.1) is 20.8 Å². The van der Waals surface area contributed by atoms with Crippen LogP contribution >= 0.6 is 0 Å². The van der Waals surface area contributed by atoms with Gasteiger partial charge in [0.25, 0.3) is 5.56 Å². The summed E-state index contributed by atoms with van der Waals surface area (Å²) in [4.78, 5) is 29.5. The van der Waals surface area contributed by atoms with Crippen LogP contribution in [0.3, 0.4) is 0 Å². The van der Waals surface area contributed by atoms with Gasteiger partial charge in [-0.2, -0.15) is 5.10 Å². The highest BCUT2D eigenvalue weighted by molar-refractivity contribution is 5.90. The summed E-state index contributed by atoms with van der Waals surface area (Å²) in [5.41, 5.74) is 2.51. The first kappa shape index (κ1) is 19.3. The van der Waals surface area contributed by atoms with E-state index in [1.165, 1.54) is 10.6 Å². The van der Waals surface area contributed by atoms with Crippen molar-refractivity contribution in [2.45, 2.75) is 34.2 Å². The second-order valence-electron chi connectivity index (χ2n) is 6.47. The van der Waals surface area contributed by atoms with E-state index in [4.69, 9.17) is 4.74 Å². The average molecular weight is 381 g/mol. The summed E-state index contributed by atoms with van der Waals surface area (Å²) in [6, 6.07) is 10.3. The first-order valence-electron chi connectivity index (χ1n) is 9.02. The molecular weight excluding hydrogens is 358 g/mol. The van der Waals surface area contributed by atoms with Gasteiger partial charge >= 0.3 is 0 Å². The molecule has 3 aromatic rings. The number of aromatic nitrogens is 4. The van der Waals surface area contributed by atoms with E-state index >= 15 is 0 Å². The fourth-order valence-corrected chi connectivity index (χ4v) is 2.89. The summed E-state index contributed by atoms with van der Waals surface area (Å²) in [5.74, 6) is 0.711. The zero-order chi connectivity index (χ0) is 20.3. The number of nitrogens with one attached hydrogen (secondary N) is 1. The Morgan fingerprint density at radius 2 is 1.82 bits per heavy atom.